The highest BCUT2D eigenvalue weighted by molar-refractivity contribution is 5.99. The van der Waals surface area contributed by atoms with Crippen molar-refractivity contribution in [1.29, 1.82) is 0 Å². The van der Waals surface area contributed by atoms with Gasteiger partial charge in [-0.1, -0.05) is 17.7 Å². The lowest BCUT2D eigenvalue weighted by Gasteiger charge is -2.11. The third-order valence-corrected chi connectivity index (χ3v) is 3.97. The molecule has 0 aliphatic rings. The first-order chi connectivity index (χ1) is 9.31. The molecule has 0 saturated heterocycles. The molecule has 0 spiro atoms. The minimum absolute atomic E-state index is 0.156. The van der Waals surface area contributed by atoms with Crippen molar-refractivity contribution in [2.75, 3.05) is 0 Å². The standard InChI is InChI=1S/C17H22N2O/c1-10-7-11(2)15(12(3)8-10)9-16(20)17-13(4)18-19(6)14(17)5/h7-8H,9H2,1-6H3. The number of aromatic nitrogens is 2. The lowest BCUT2D eigenvalue weighted by Crippen LogP contribution is -2.09. The molecule has 0 radical (unpaired) electrons. The highest BCUT2D eigenvalue weighted by Crippen LogP contribution is 2.21. The largest absolute Gasteiger partial charge is 0.294 e. The monoisotopic (exact) mass is 270 g/mol. The fourth-order valence-corrected chi connectivity index (χ4v) is 2.91. The summed E-state index contributed by atoms with van der Waals surface area (Å²) in [5.74, 6) is 0.156. The lowest BCUT2D eigenvalue weighted by atomic mass is 9.93. The van der Waals surface area contributed by atoms with Crippen molar-refractivity contribution in [3.63, 3.8) is 0 Å². The van der Waals surface area contributed by atoms with Gasteiger partial charge in [0.1, 0.15) is 0 Å². The number of benzene rings is 1. The topological polar surface area (TPSA) is 34.9 Å². The molecule has 2 aromatic rings. The number of hydrogen-bond acceptors (Lipinski definition) is 2. The van der Waals surface area contributed by atoms with Crippen LogP contribution in [0.4, 0.5) is 0 Å². The Morgan fingerprint density at radius 2 is 1.65 bits per heavy atom. The second-order valence-corrected chi connectivity index (χ2v) is 5.65. The SMILES string of the molecule is Cc1cc(C)c(CC(=O)c2c(C)nn(C)c2C)c(C)c1. The van der Waals surface area contributed by atoms with E-state index < -0.39 is 0 Å². The summed E-state index contributed by atoms with van der Waals surface area (Å²) in [6.07, 6.45) is 0.450. The van der Waals surface area contributed by atoms with Gasteiger partial charge in [-0.15, -0.1) is 0 Å². The number of aryl methyl sites for hydroxylation is 5. The second-order valence-electron chi connectivity index (χ2n) is 5.65. The van der Waals surface area contributed by atoms with Gasteiger partial charge in [0.2, 0.25) is 0 Å². The summed E-state index contributed by atoms with van der Waals surface area (Å²) in [6.45, 7) is 10.1. The second kappa shape index (κ2) is 5.23. The van der Waals surface area contributed by atoms with Gasteiger partial charge in [0.05, 0.1) is 11.3 Å². The van der Waals surface area contributed by atoms with Crippen LogP contribution in [0.25, 0.3) is 0 Å². The Morgan fingerprint density at radius 1 is 1.10 bits per heavy atom. The van der Waals surface area contributed by atoms with Crippen molar-refractivity contribution < 1.29 is 4.79 Å². The van der Waals surface area contributed by atoms with E-state index >= 15 is 0 Å². The van der Waals surface area contributed by atoms with Crippen LogP contribution in [0.3, 0.4) is 0 Å². The summed E-state index contributed by atoms with van der Waals surface area (Å²) in [7, 11) is 1.88. The molecule has 0 aliphatic heterocycles. The first-order valence-electron chi connectivity index (χ1n) is 6.91. The fraction of sp³-hybridized carbons (Fsp3) is 0.412. The summed E-state index contributed by atoms with van der Waals surface area (Å²) in [5.41, 5.74) is 7.29. The molecule has 1 aromatic carbocycles. The van der Waals surface area contributed by atoms with Crippen molar-refractivity contribution in [2.24, 2.45) is 7.05 Å². The normalized spacial score (nSPS) is 10.9. The predicted molar refractivity (Wildman–Crippen MR) is 81.4 cm³/mol. The number of ketones is 1. The Hall–Kier alpha value is -1.90. The Balaban J connectivity index is 2.38. The van der Waals surface area contributed by atoms with Crippen LogP contribution in [0.15, 0.2) is 12.1 Å². The van der Waals surface area contributed by atoms with Gasteiger partial charge >= 0.3 is 0 Å². The van der Waals surface area contributed by atoms with Gasteiger partial charge in [-0.05, 0) is 51.3 Å². The van der Waals surface area contributed by atoms with E-state index in [1.165, 1.54) is 16.7 Å². The molecule has 0 atom stereocenters. The molecule has 2 rings (SSSR count). The zero-order valence-electron chi connectivity index (χ0n) is 13.2. The van der Waals surface area contributed by atoms with Crippen LogP contribution < -0.4 is 0 Å². The molecular formula is C17H22N2O. The van der Waals surface area contributed by atoms with Gasteiger partial charge in [-0.25, -0.2) is 0 Å². The van der Waals surface area contributed by atoms with Gasteiger partial charge in [0.15, 0.2) is 5.78 Å². The van der Waals surface area contributed by atoms with Crippen LogP contribution in [0.1, 0.15) is 44.0 Å². The summed E-state index contributed by atoms with van der Waals surface area (Å²) in [4.78, 5) is 12.6. The van der Waals surface area contributed by atoms with Crippen LogP contribution in [-0.4, -0.2) is 15.6 Å². The molecule has 106 valence electrons. The number of hydrogen-bond donors (Lipinski definition) is 0. The van der Waals surface area contributed by atoms with Gasteiger partial charge in [-0.2, -0.15) is 5.10 Å². The van der Waals surface area contributed by atoms with Crippen LogP contribution in [0.5, 0.6) is 0 Å². The molecule has 0 unspecified atom stereocenters. The molecule has 1 aromatic heterocycles. The van der Waals surface area contributed by atoms with E-state index in [-0.39, 0.29) is 5.78 Å². The fourth-order valence-electron chi connectivity index (χ4n) is 2.91. The van der Waals surface area contributed by atoms with E-state index in [0.717, 1.165) is 22.5 Å². The van der Waals surface area contributed by atoms with Crippen LogP contribution >= 0.6 is 0 Å². The molecule has 0 N–H and O–H groups in total. The summed E-state index contributed by atoms with van der Waals surface area (Å²) in [5, 5.41) is 4.33. The molecule has 3 nitrogen and oxygen atoms in total. The third-order valence-electron chi connectivity index (χ3n) is 3.97. The molecule has 0 fully saturated rings. The Morgan fingerprint density at radius 3 is 2.10 bits per heavy atom. The van der Waals surface area contributed by atoms with E-state index in [4.69, 9.17) is 0 Å². The van der Waals surface area contributed by atoms with E-state index in [1.807, 2.05) is 20.9 Å². The average Bonchev–Trinajstić information content (AvgIpc) is 2.58. The molecule has 20 heavy (non-hydrogen) atoms. The summed E-state index contributed by atoms with van der Waals surface area (Å²) >= 11 is 0. The first kappa shape index (κ1) is 14.5. The van der Waals surface area contributed by atoms with Crippen molar-refractivity contribution in [3.05, 3.63) is 51.3 Å². The highest BCUT2D eigenvalue weighted by Gasteiger charge is 2.19. The number of rotatable bonds is 3. The number of nitrogens with zero attached hydrogens (tertiary/aromatic N) is 2. The third kappa shape index (κ3) is 2.53. The quantitative estimate of drug-likeness (QED) is 0.801. The predicted octanol–water partition coefficient (Wildman–Crippen LogP) is 3.39. The number of carbonyl (C=O) groups is 1. The van der Waals surface area contributed by atoms with E-state index in [9.17, 15) is 4.79 Å². The van der Waals surface area contributed by atoms with Crippen molar-refractivity contribution in [3.8, 4) is 0 Å². The zero-order chi connectivity index (χ0) is 15.0. The average molecular weight is 270 g/mol. The maximum Gasteiger partial charge on any atom is 0.170 e. The Bertz CT molecular complexity index is 658. The van der Waals surface area contributed by atoms with E-state index in [1.54, 1.807) is 4.68 Å². The maximum atomic E-state index is 12.6. The van der Waals surface area contributed by atoms with Crippen molar-refractivity contribution >= 4 is 5.78 Å². The molecule has 0 amide bonds. The van der Waals surface area contributed by atoms with Crippen LogP contribution in [0, 0.1) is 34.6 Å². The Kier molecular flexibility index (Phi) is 3.80. The van der Waals surface area contributed by atoms with Crippen LogP contribution in [0.2, 0.25) is 0 Å². The highest BCUT2D eigenvalue weighted by atomic mass is 16.1. The molecular weight excluding hydrogens is 248 g/mol. The summed E-state index contributed by atoms with van der Waals surface area (Å²) in [6, 6.07) is 4.27. The van der Waals surface area contributed by atoms with Gasteiger partial charge in [0, 0.05) is 19.2 Å². The van der Waals surface area contributed by atoms with Gasteiger partial charge in [-0.3, -0.25) is 9.48 Å². The lowest BCUT2D eigenvalue weighted by molar-refractivity contribution is 0.0991. The van der Waals surface area contributed by atoms with E-state index in [0.29, 0.717) is 6.42 Å². The van der Waals surface area contributed by atoms with E-state index in [2.05, 4.69) is 38.0 Å². The zero-order valence-corrected chi connectivity index (χ0v) is 13.2. The van der Waals surface area contributed by atoms with Crippen molar-refractivity contribution in [2.45, 2.75) is 41.0 Å². The Labute approximate surface area is 120 Å². The van der Waals surface area contributed by atoms with Gasteiger partial charge < -0.3 is 0 Å². The van der Waals surface area contributed by atoms with Crippen molar-refractivity contribution in [1.82, 2.24) is 9.78 Å². The molecule has 3 heteroatoms. The molecule has 0 bridgehead atoms. The first-order valence-corrected chi connectivity index (χ1v) is 6.91. The summed E-state index contributed by atoms with van der Waals surface area (Å²) < 4.78 is 1.78. The van der Waals surface area contributed by atoms with Gasteiger partial charge in [0.25, 0.3) is 0 Å². The number of Topliss-reactive ketones (excluding diaryl/α,β-unsaturated/α-hetero) is 1. The molecule has 0 saturated carbocycles. The minimum atomic E-state index is 0.156. The smallest absolute Gasteiger partial charge is 0.170 e. The molecule has 0 aliphatic carbocycles. The molecule has 1 heterocycles. The van der Waals surface area contributed by atoms with Crippen LogP contribution in [-0.2, 0) is 13.5 Å². The maximum absolute atomic E-state index is 12.6. The number of carbonyl (C=O) groups excluding carboxylic acids is 1. The minimum Gasteiger partial charge on any atom is -0.294 e.